The second-order valence-electron chi connectivity index (χ2n) is 6.42. The van der Waals surface area contributed by atoms with Crippen LogP contribution in [0.1, 0.15) is 24.2 Å². The fraction of sp³-hybridized carbons (Fsp3) is 0.100. The summed E-state index contributed by atoms with van der Waals surface area (Å²) in [5.74, 6) is -0.331. The third-order valence-electron chi connectivity index (χ3n) is 4.54. The minimum absolute atomic E-state index is 0.0158. The molecule has 0 bridgehead atoms. The molecule has 0 aliphatic heterocycles. The maximum Gasteiger partial charge on any atom is 0.282 e. The molecule has 0 radical (unpaired) electrons. The van der Waals surface area contributed by atoms with Gasteiger partial charge in [-0.25, -0.2) is 9.37 Å². The highest BCUT2D eigenvalue weighted by Gasteiger charge is 2.20. The molecule has 4 rings (SSSR count). The van der Waals surface area contributed by atoms with Crippen LogP contribution >= 0.6 is 0 Å². The van der Waals surface area contributed by atoms with Crippen LogP contribution in [0.5, 0.6) is 0 Å². The van der Waals surface area contributed by atoms with E-state index in [1.165, 1.54) is 27.4 Å². The van der Waals surface area contributed by atoms with E-state index in [-0.39, 0.29) is 22.8 Å². The smallest absolute Gasteiger partial charge is 0.282 e. The number of nitrogen functional groups attached to an aromatic ring is 1. The van der Waals surface area contributed by atoms with Crippen LogP contribution in [-0.4, -0.2) is 18.9 Å². The van der Waals surface area contributed by atoms with Crippen molar-refractivity contribution in [2.24, 2.45) is 0 Å². The van der Waals surface area contributed by atoms with Gasteiger partial charge in [-0.15, -0.1) is 0 Å². The van der Waals surface area contributed by atoms with Gasteiger partial charge in [0.25, 0.3) is 5.56 Å². The average molecular weight is 389 g/mol. The normalized spacial score (nSPS) is 11.9. The van der Waals surface area contributed by atoms with E-state index in [0.717, 1.165) is 0 Å². The third-order valence-corrected chi connectivity index (χ3v) is 4.54. The van der Waals surface area contributed by atoms with E-state index in [0.29, 0.717) is 11.4 Å². The van der Waals surface area contributed by atoms with Gasteiger partial charge in [-0.2, -0.15) is 10.2 Å². The molecule has 1 atom stereocenters. The first-order chi connectivity index (χ1) is 14.0. The van der Waals surface area contributed by atoms with Gasteiger partial charge < -0.3 is 15.5 Å². The molecule has 1 aromatic carbocycles. The number of anilines is 2. The van der Waals surface area contributed by atoms with Crippen molar-refractivity contribution in [2.75, 3.05) is 11.1 Å². The zero-order valence-corrected chi connectivity index (χ0v) is 15.4. The van der Waals surface area contributed by atoms with Crippen molar-refractivity contribution in [2.45, 2.75) is 13.0 Å². The Hall–Kier alpha value is -4.19. The van der Waals surface area contributed by atoms with Crippen LogP contribution in [0.15, 0.2) is 59.8 Å². The first-order valence-electron chi connectivity index (χ1n) is 8.76. The van der Waals surface area contributed by atoms with Gasteiger partial charge in [-0.1, -0.05) is 18.2 Å². The zero-order chi connectivity index (χ0) is 20.5. The van der Waals surface area contributed by atoms with Crippen LogP contribution in [-0.2, 0) is 0 Å². The lowest BCUT2D eigenvalue weighted by Gasteiger charge is -2.21. The van der Waals surface area contributed by atoms with E-state index in [4.69, 9.17) is 5.73 Å². The minimum Gasteiger partial charge on any atom is -0.368 e. The van der Waals surface area contributed by atoms with Crippen molar-refractivity contribution in [3.05, 3.63) is 82.4 Å². The summed E-state index contributed by atoms with van der Waals surface area (Å²) in [6.45, 7) is 1.80. The molecule has 3 N–H and O–H groups in total. The molecule has 0 aliphatic carbocycles. The van der Waals surface area contributed by atoms with E-state index in [1.54, 1.807) is 37.4 Å². The number of rotatable bonds is 4. The Labute approximate surface area is 164 Å². The Bertz CT molecular complexity index is 1300. The summed E-state index contributed by atoms with van der Waals surface area (Å²) in [5, 5.41) is 12.4. The topological polar surface area (TPSA) is 114 Å². The lowest BCUT2D eigenvalue weighted by Crippen LogP contribution is -2.27. The zero-order valence-electron chi connectivity index (χ0n) is 15.4. The Morgan fingerprint density at radius 3 is 2.76 bits per heavy atom. The van der Waals surface area contributed by atoms with E-state index < -0.39 is 17.4 Å². The van der Waals surface area contributed by atoms with Crippen molar-refractivity contribution >= 4 is 17.3 Å². The first kappa shape index (κ1) is 18.2. The molecular weight excluding hydrogens is 373 g/mol. The number of nitrogens with two attached hydrogens (primary N) is 1. The van der Waals surface area contributed by atoms with Crippen molar-refractivity contribution in [1.82, 2.24) is 18.9 Å². The number of para-hydroxylation sites is 1. The van der Waals surface area contributed by atoms with Gasteiger partial charge in [-0.3, -0.25) is 9.36 Å². The van der Waals surface area contributed by atoms with Crippen LogP contribution < -0.4 is 16.6 Å². The highest BCUT2D eigenvalue weighted by Crippen LogP contribution is 2.23. The van der Waals surface area contributed by atoms with Crippen LogP contribution in [0.25, 0.3) is 11.2 Å². The molecule has 0 fully saturated rings. The molecule has 3 heterocycles. The van der Waals surface area contributed by atoms with Gasteiger partial charge in [0, 0.05) is 18.1 Å². The molecule has 0 saturated heterocycles. The standard InChI is InChI=1S/C20H16FN7O/c1-12(25-18-13(9-22)10-24-20(23)26-18)16-11-27-8-7-15(21)17(27)19(29)28(16)14-5-3-2-4-6-14/h2-8,10-12H,1H3,(H3,23,24,25,26)/t12-/m1/s1. The predicted molar refractivity (Wildman–Crippen MR) is 106 cm³/mol. The number of benzene rings is 1. The maximum absolute atomic E-state index is 14.2. The van der Waals surface area contributed by atoms with Gasteiger partial charge in [0.05, 0.1) is 17.9 Å². The Morgan fingerprint density at radius 2 is 2.03 bits per heavy atom. The summed E-state index contributed by atoms with van der Waals surface area (Å²) in [7, 11) is 0. The molecule has 144 valence electrons. The molecule has 0 saturated carbocycles. The second-order valence-corrected chi connectivity index (χ2v) is 6.42. The monoisotopic (exact) mass is 389 g/mol. The molecule has 4 aromatic rings. The average Bonchev–Trinajstić information content (AvgIpc) is 3.09. The lowest BCUT2D eigenvalue weighted by molar-refractivity contribution is 0.636. The number of halogens is 1. The largest absolute Gasteiger partial charge is 0.368 e. The van der Waals surface area contributed by atoms with Crippen LogP contribution in [0.2, 0.25) is 0 Å². The molecule has 8 nitrogen and oxygen atoms in total. The van der Waals surface area contributed by atoms with E-state index in [1.807, 2.05) is 12.1 Å². The summed E-state index contributed by atoms with van der Waals surface area (Å²) in [6, 6.07) is 11.7. The fourth-order valence-corrected chi connectivity index (χ4v) is 3.18. The number of aromatic nitrogens is 4. The van der Waals surface area contributed by atoms with Crippen molar-refractivity contribution in [3.8, 4) is 11.8 Å². The first-order valence-corrected chi connectivity index (χ1v) is 8.76. The van der Waals surface area contributed by atoms with Gasteiger partial charge in [0.15, 0.2) is 5.82 Å². The molecule has 9 heteroatoms. The predicted octanol–water partition coefficient (Wildman–Crippen LogP) is 2.65. The van der Waals surface area contributed by atoms with Crippen LogP contribution in [0.4, 0.5) is 16.2 Å². The summed E-state index contributed by atoms with van der Waals surface area (Å²) in [6.07, 6.45) is 4.48. The number of hydrogen-bond donors (Lipinski definition) is 2. The van der Waals surface area contributed by atoms with E-state index in [9.17, 15) is 14.4 Å². The van der Waals surface area contributed by atoms with Crippen molar-refractivity contribution in [3.63, 3.8) is 0 Å². The van der Waals surface area contributed by atoms with Gasteiger partial charge >= 0.3 is 0 Å². The maximum atomic E-state index is 14.2. The van der Waals surface area contributed by atoms with Gasteiger partial charge in [0.2, 0.25) is 5.95 Å². The highest BCUT2D eigenvalue weighted by molar-refractivity contribution is 5.55. The third kappa shape index (κ3) is 3.17. The number of nitrogens with zero attached hydrogens (tertiary/aromatic N) is 5. The summed E-state index contributed by atoms with van der Waals surface area (Å²) in [4.78, 5) is 21.0. The Morgan fingerprint density at radius 1 is 1.28 bits per heavy atom. The fourth-order valence-electron chi connectivity index (χ4n) is 3.18. The molecule has 29 heavy (non-hydrogen) atoms. The second kappa shape index (κ2) is 7.09. The van der Waals surface area contributed by atoms with Crippen molar-refractivity contribution in [1.29, 1.82) is 5.26 Å². The molecular formula is C20H16FN7O. The van der Waals surface area contributed by atoms with E-state index >= 15 is 0 Å². The number of nitriles is 1. The Kier molecular flexibility index (Phi) is 4.44. The Balaban J connectivity index is 1.90. The number of hydrogen-bond acceptors (Lipinski definition) is 6. The van der Waals surface area contributed by atoms with Crippen LogP contribution in [0.3, 0.4) is 0 Å². The number of fused-ring (bicyclic) bond motifs is 1. The molecule has 3 aromatic heterocycles. The SMILES string of the molecule is C[C@@H](Nc1nc(N)ncc1C#N)c1cn2ccc(F)c2c(=O)n1-c1ccccc1. The molecule has 0 aliphatic rings. The molecule has 0 spiro atoms. The van der Waals surface area contributed by atoms with Gasteiger partial charge in [-0.05, 0) is 25.1 Å². The van der Waals surface area contributed by atoms with Crippen molar-refractivity contribution < 1.29 is 4.39 Å². The quantitative estimate of drug-likeness (QED) is 0.555. The summed E-state index contributed by atoms with van der Waals surface area (Å²) >= 11 is 0. The van der Waals surface area contributed by atoms with Crippen LogP contribution in [0, 0.1) is 17.1 Å². The molecule has 0 unspecified atom stereocenters. The number of nitrogens with one attached hydrogen (secondary N) is 1. The highest BCUT2D eigenvalue weighted by atomic mass is 19.1. The summed E-state index contributed by atoms with van der Waals surface area (Å²) < 4.78 is 17.1. The molecule has 0 amide bonds. The van der Waals surface area contributed by atoms with E-state index in [2.05, 4.69) is 15.3 Å². The lowest BCUT2D eigenvalue weighted by atomic mass is 10.2. The van der Waals surface area contributed by atoms with Gasteiger partial charge in [0.1, 0.15) is 23.0 Å². The minimum atomic E-state index is -0.595. The summed E-state index contributed by atoms with van der Waals surface area (Å²) in [5.41, 5.74) is 6.46.